The fraction of sp³-hybridized carbons (Fsp3) is 0.775. The maximum Gasteiger partial charge on any atom is 0.407 e. The van der Waals surface area contributed by atoms with E-state index in [1.54, 1.807) is 0 Å². The minimum Gasteiger partial charge on any atom is -0.450 e. The summed E-state index contributed by atoms with van der Waals surface area (Å²) in [6, 6.07) is 0.244. The van der Waals surface area contributed by atoms with Crippen molar-refractivity contribution in [2.45, 2.75) is 174 Å². The third kappa shape index (κ3) is 34.7. The SMILES string of the molecule is CCC/C=C\C/C=C\CCCCCCCCC(CCCCCCCC/C=C\C/C=C\CCCC)NC(=O)OCCCN(C)C. The maximum absolute atomic E-state index is 12.4. The van der Waals surface area contributed by atoms with Gasteiger partial charge in [0, 0.05) is 12.6 Å². The highest BCUT2D eigenvalue weighted by Crippen LogP contribution is 2.15. The van der Waals surface area contributed by atoms with Gasteiger partial charge in [0.25, 0.3) is 0 Å². The monoisotopic (exact) mass is 615 g/mol. The third-order valence-corrected chi connectivity index (χ3v) is 8.04. The van der Waals surface area contributed by atoms with Crippen molar-refractivity contribution in [3.8, 4) is 0 Å². The van der Waals surface area contributed by atoms with Gasteiger partial charge in [0.05, 0.1) is 6.61 Å². The topological polar surface area (TPSA) is 41.6 Å². The highest BCUT2D eigenvalue weighted by molar-refractivity contribution is 5.67. The fourth-order valence-electron chi connectivity index (χ4n) is 5.26. The number of unbranched alkanes of at least 4 members (excludes halogenated alkanes) is 15. The Hall–Kier alpha value is -1.81. The van der Waals surface area contributed by atoms with Gasteiger partial charge in [-0.2, -0.15) is 0 Å². The minimum absolute atomic E-state index is 0.229. The largest absolute Gasteiger partial charge is 0.450 e. The Balaban J connectivity index is 4.08. The van der Waals surface area contributed by atoms with Crippen molar-refractivity contribution >= 4 is 6.09 Å². The Morgan fingerprint density at radius 3 is 1.50 bits per heavy atom. The summed E-state index contributed by atoms with van der Waals surface area (Å²) in [7, 11) is 4.10. The molecule has 0 aliphatic rings. The summed E-state index contributed by atoms with van der Waals surface area (Å²) < 4.78 is 5.48. The summed E-state index contributed by atoms with van der Waals surface area (Å²) in [6.45, 7) is 5.90. The molecule has 44 heavy (non-hydrogen) atoms. The molecule has 4 nitrogen and oxygen atoms in total. The minimum atomic E-state index is -0.229. The van der Waals surface area contributed by atoms with Crippen molar-refractivity contribution < 1.29 is 9.53 Å². The third-order valence-electron chi connectivity index (χ3n) is 8.04. The summed E-state index contributed by atoms with van der Waals surface area (Å²) in [6.07, 6.45) is 47.5. The van der Waals surface area contributed by atoms with Crippen molar-refractivity contribution in [1.82, 2.24) is 10.2 Å². The van der Waals surface area contributed by atoms with Crippen LogP contribution in [0.4, 0.5) is 4.79 Å². The van der Waals surface area contributed by atoms with Gasteiger partial charge in [-0.1, -0.05) is 146 Å². The standard InChI is InChI=1S/C40H74N2O2/c1-5-7-9-11-13-15-17-19-21-23-25-27-29-31-33-36-39(41-40(43)44-38-34-37-42(3)4)35-32-30-28-26-24-22-20-18-16-14-12-10-8-6-2/h10-13,16-19,39H,5-9,14-15,20-38H2,1-4H3,(H,41,43)/b12-10-,13-11-,18-16-,19-17-. The van der Waals surface area contributed by atoms with Crippen LogP contribution in [0, 0.1) is 0 Å². The van der Waals surface area contributed by atoms with Crippen LogP contribution in [0.25, 0.3) is 0 Å². The van der Waals surface area contributed by atoms with Crippen LogP contribution in [0.1, 0.15) is 168 Å². The first-order chi connectivity index (χ1) is 21.6. The molecule has 0 saturated carbocycles. The molecule has 0 bridgehead atoms. The van der Waals surface area contributed by atoms with Gasteiger partial charge >= 0.3 is 6.09 Å². The first-order valence-corrected chi connectivity index (χ1v) is 18.8. The molecule has 0 aliphatic heterocycles. The van der Waals surface area contributed by atoms with Crippen molar-refractivity contribution in [1.29, 1.82) is 0 Å². The summed E-state index contributed by atoms with van der Waals surface area (Å²) in [5.74, 6) is 0. The van der Waals surface area contributed by atoms with Crippen LogP contribution in [0.15, 0.2) is 48.6 Å². The predicted octanol–water partition coefficient (Wildman–Crippen LogP) is 12.3. The second kappa shape index (κ2) is 35.7. The maximum atomic E-state index is 12.4. The number of alkyl carbamates (subject to hydrolysis) is 1. The summed E-state index contributed by atoms with van der Waals surface area (Å²) in [5.41, 5.74) is 0. The molecule has 0 aromatic heterocycles. The van der Waals surface area contributed by atoms with Crippen LogP contribution in [-0.2, 0) is 4.74 Å². The summed E-state index contributed by atoms with van der Waals surface area (Å²) in [5, 5.41) is 3.20. The van der Waals surface area contributed by atoms with E-state index in [1.807, 2.05) is 14.1 Å². The van der Waals surface area contributed by atoms with Crippen LogP contribution in [-0.4, -0.2) is 44.3 Å². The number of hydrogen-bond donors (Lipinski definition) is 1. The molecule has 0 aliphatic carbocycles. The molecule has 0 aromatic rings. The molecule has 0 rings (SSSR count). The molecule has 0 radical (unpaired) electrons. The highest BCUT2D eigenvalue weighted by atomic mass is 16.5. The van der Waals surface area contributed by atoms with Gasteiger partial charge in [-0.15, -0.1) is 0 Å². The van der Waals surface area contributed by atoms with E-state index in [0.717, 1.165) is 38.6 Å². The lowest BCUT2D eigenvalue weighted by Gasteiger charge is -2.19. The second-order valence-corrected chi connectivity index (χ2v) is 12.8. The van der Waals surface area contributed by atoms with E-state index in [0.29, 0.717) is 6.61 Å². The number of carbonyl (C=O) groups excluding carboxylic acids is 1. The van der Waals surface area contributed by atoms with E-state index in [4.69, 9.17) is 4.74 Å². The zero-order valence-corrected chi connectivity index (χ0v) is 29.8. The van der Waals surface area contributed by atoms with Gasteiger partial charge in [0.2, 0.25) is 0 Å². The average Bonchev–Trinajstić information content (AvgIpc) is 3.01. The number of allylic oxidation sites excluding steroid dienone is 8. The molecule has 1 amide bonds. The zero-order valence-electron chi connectivity index (χ0n) is 29.8. The van der Waals surface area contributed by atoms with Crippen LogP contribution in [0.5, 0.6) is 0 Å². The van der Waals surface area contributed by atoms with Gasteiger partial charge in [-0.05, 0) is 84.7 Å². The number of amides is 1. The van der Waals surface area contributed by atoms with Crippen molar-refractivity contribution in [3.63, 3.8) is 0 Å². The number of ether oxygens (including phenoxy) is 1. The molecule has 0 saturated heterocycles. The van der Waals surface area contributed by atoms with Gasteiger partial charge < -0.3 is 15.0 Å². The quantitative estimate of drug-likeness (QED) is 0.0605. The summed E-state index contributed by atoms with van der Waals surface area (Å²) in [4.78, 5) is 14.6. The van der Waals surface area contributed by atoms with Crippen molar-refractivity contribution in [3.05, 3.63) is 48.6 Å². The van der Waals surface area contributed by atoms with Gasteiger partial charge in [-0.25, -0.2) is 4.79 Å². The Kier molecular flexibility index (Phi) is 34.2. The lowest BCUT2D eigenvalue weighted by Crippen LogP contribution is -2.35. The number of carbonyl (C=O) groups is 1. The molecular formula is C40H74N2O2. The van der Waals surface area contributed by atoms with Crippen molar-refractivity contribution in [2.75, 3.05) is 27.2 Å². The van der Waals surface area contributed by atoms with Crippen LogP contribution in [0.2, 0.25) is 0 Å². The lowest BCUT2D eigenvalue weighted by atomic mass is 10.00. The lowest BCUT2D eigenvalue weighted by molar-refractivity contribution is 0.136. The van der Waals surface area contributed by atoms with Gasteiger partial charge in [0.15, 0.2) is 0 Å². The Bertz CT molecular complexity index is 710. The van der Waals surface area contributed by atoms with Crippen molar-refractivity contribution in [2.24, 2.45) is 0 Å². The molecule has 0 spiro atoms. The van der Waals surface area contributed by atoms with E-state index < -0.39 is 0 Å². The number of hydrogen-bond acceptors (Lipinski definition) is 3. The molecule has 0 fully saturated rings. The molecule has 1 N–H and O–H groups in total. The van der Waals surface area contributed by atoms with Gasteiger partial charge in [-0.3, -0.25) is 0 Å². The van der Waals surface area contributed by atoms with Gasteiger partial charge in [0.1, 0.15) is 0 Å². The Morgan fingerprint density at radius 1 is 0.568 bits per heavy atom. The van der Waals surface area contributed by atoms with E-state index in [1.165, 1.54) is 122 Å². The van der Waals surface area contributed by atoms with Crippen LogP contribution < -0.4 is 5.32 Å². The second-order valence-electron chi connectivity index (χ2n) is 12.8. The smallest absolute Gasteiger partial charge is 0.407 e. The van der Waals surface area contributed by atoms with Crippen LogP contribution in [0.3, 0.4) is 0 Å². The molecule has 1 unspecified atom stereocenters. The number of nitrogens with one attached hydrogen (secondary N) is 1. The average molecular weight is 615 g/mol. The van der Waals surface area contributed by atoms with Crippen LogP contribution >= 0.6 is 0 Å². The number of rotatable bonds is 32. The normalized spacial score (nSPS) is 12.9. The number of nitrogens with zero attached hydrogens (tertiary/aromatic N) is 1. The van der Waals surface area contributed by atoms with E-state index in [2.05, 4.69) is 72.7 Å². The first-order valence-electron chi connectivity index (χ1n) is 18.8. The molecule has 0 aromatic carbocycles. The summed E-state index contributed by atoms with van der Waals surface area (Å²) >= 11 is 0. The van der Waals surface area contributed by atoms with E-state index in [-0.39, 0.29) is 12.1 Å². The molecular weight excluding hydrogens is 540 g/mol. The predicted molar refractivity (Wildman–Crippen MR) is 196 cm³/mol. The Morgan fingerprint density at radius 2 is 1.02 bits per heavy atom. The molecule has 1 atom stereocenters. The molecule has 0 heterocycles. The van der Waals surface area contributed by atoms with E-state index >= 15 is 0 Å². The molecule has 256 valence electrons. The fourth-order valence-corrected chi connectivity index (χ4v) is 5.26. The first kappa shape index (κ1) is 42.2. The Labute approximate surface area is 275 Å². The molecule has 4 heteroatoms. The zero-order chi connectivity index (χ0) is 32.2. The highest BCUT2D eigenvalue weighted by Gasteiger charge is 2.13. The van der Waals surface area contributed by atoms with E-state index in [9.17, 15) is 4.79 Å².